The third-order valence-electron chi connectivity index (χ3n) is 6.00. The van der Waals surface area contributed by atoms with Crippen molar-refractivity contribution in [3.63, 3.8) is 0 Å². The van der Waals surface area contributed by atoms with Gasteiger partial charge in [0.25, 0.3) is 0 Å². The molecule has 2 aromatic rings. The Hall–Kier alpha value is -3.00. The van der Waals surface area contributed by atoms with Crippen LogP contribution in [0.3, 0.4) is 0 Å². The number of benzene rings is 1. The van der Waals surface area contributed by atoms with Gasteiger partial charge in [0, 0.05) is 37.8 Å². The van der Waals surface area contributed by atoms with Gasteiger partial charge in [-0.05, 0) is 55.6 Å². The maximum atomic E-state index is 14.4. The van der Waals surface area contributed by atoms with E-state index in [0.717, 1.165) is 43.6 Å². The SMILES string of the molecule is CCc1ccc(NC(=O)Nc2cc(CN3CCC[C@H](N(C)C(=O)C(C)C)C3)ccc2F)cn1. The zero-order valence-electron chi connectivity index (χ0n) is 19.9. The molecule has 1 aromatic carbocycles. The quantitative estimate of drug-likeness (QED) is 0.644. The van der Waals surface area contributed by atoms with Gasteiger partial charge in [-0.1, -0.05) is 26.8 Å². The summed E-state index contributed by atoms with van der Waals surface area (Å²) in [6.45, 7) is 8.15. The van der Waals surface area contributed by atoms with Gasteiger partial charge >= 0.3 is 6.03 Å². The van der Waals surface area contributed by atoms with Crippen molar-refractivity contribution in [2.75, 3.05) is 30.8 Å². The normalized spacial score (nSPS) is 16.5. The summed E-state index contributed by atoms with van der Waals surface area (Å²) in [6, 6.07) is 8.03. The van der Waals surface area contributed by atoms with Crippen LogP contribution in [0, 0.1) is 11.7 Å². The first-order valence-corrected chi connectivity index (χ1v) is 11.6. The molecular formula is C25H34FN5O2. The molecule has 0 spiro atoms. The van der Waals surface area contributed by atoms with Gasteiger partial charge in [-0.3, -0.25) is 14.7 Å². The fourth-order valence-corrected chi connectivity index (χ4v) is 4.10. The lowest BCUT2D eigenvalue weighted by Crippen LogP contribution is -2.49. The molecule has 0 aliphatic carbocycles. The summed E-state index contributed by atoms with van der Waals surface area (Å²) in [5.41, 5.74) is 2.50. The highest BCUT2D eigenvalue weighted by molar-refractivity contribution is 5.99. The van der Waals surface area contributed by atoms with E-state index in [2.05, 4.69) is 20.5 Å². The van der Waals surface area contributed by atoms with Gasteiger partial charge in [-0.25, -0.2) is 9.18 Å². The predicted octanol–water partition coefficient (Wildman–Crippen LogP) is 4.51. The zero-order chi connectivity index (χ0) is 24.0. The Morgan fingerprint density at radius 1 is 1.24 bits per heavy atom. The number of hydrogen-bond acceptors (Lipinski definition) is 4. The molecule has 7 nitrogen and oxygen atoms in total. The summed E-state index contributed by atoms with van der Waals surface area (Å²) in [7, 11) is 1.88. The minimum absolute atomic E-state index is 0.0254. The summed E-state index contributed by atoms with van der Waals surface area (Å²) < 4.78 is 14.4. The minimum Gasteiger partial charge on any atom is -0.341 e. The van der Waals surface area contributed by atoms with Crippen molar-refractivity contribution in [2.24, 2.45) is 5.92 Å². The lowest BCUT2D eigenvalue weighted by molar-refractivity contribution is -0.136. The number of aromatic nitrogens is 1. The molecule has 0 unspecified atom stereocenters. The molecule has 0 radical (unpaired) electrons. The van der Waals surface area contributed by atoms with Gasteiger partial charge in [0.05, 0.1) is 17.6 Å². The fraction of sp³-hybridized carbons (Fsp3) is 0.480. The number of nitrogens with zero attached hydrogens (tertiary/aromatic N) is 3. The lowest BCUT2D eigenvalue weighted by Gasteiger charge is -2.38. The lowest BCUT2D eigenvalue weighted by atomic mass is 10.0. The summed E-state index contributed by atoms with van der Waals surface area (Å²) >= 11 is 0. The van der Waals surface area contributed by atoms with Crippen LogP contribution in [0.4, 0.5) is 20.6 Å². The van der Waals surface area contributed by atoms with Crippen molar-refractivity contribution in [1.29, 1.82) is 0 Å². The van der Waals surface area contributed by atoms with Gasteiger partial charge < -0.3 is 15.5 Å². The van der Waals surface area contributed by atoms with E-state index >= 15 is 0 Å². The van der Waals surface area contributed by atoms with Crippen molar-refractivity contribution >= 4 is 23.3 Å². The van der Waals surface area contributed by atoms with Crippen molar-refractivity contribution in [1.82, 2.24) is 14.8 Å². The second kappa shape index (κ2) is 11.2. The van der Waals surface area contributed by atoms with Crippen LogP contribution >= 0.6 is 0 Å². The molecule has 3 amide bonds. The molecule has 0 bridgehead atoms. The molecule has 1 fully saturated rings. The second-order valence-corrected chi connectivity index (χ2v) is 8.92. The van der Waals surface area contributed by atoms with E-state index in [1.807, 2.05) is 38.8 Å². The number of urea groups is 1. The van der Waals surface area contributed by atoms with Crippen molar-refractivity contribution in [3.8, 4) is 0 Å². The summed E-state index contributed by atoms with van der Waals surface area (Å²) in [4.78, 5) is 33.1. The van der Waals surface area contributed by atoms with Gasteiger partial charge in [-0.15, -0.1) is 0 Å². The first-order valence-electron chi connectivity index (χ1n) is 11.6. The largest absolute Gasteiger partial charge is 0.341 e. The van der Waals surface area contributed by atoms with E-state index in [-0.39, 0.29) is 23.6 Å². The predicted molar refractivity (Wildman–Crippen MR) is 129 cm³/mol. The number of nitrogens with one attached hydrogen (secondary N) is 2. The first-order chi connectivity index (χ1) is 15.8. The highest BCUT2D eigenvalue weighted by Crippen LogP contribution is 2.22. The molecule has 1 aliphatic heterocycles. The number of carbonyl (C=O) groups is 2. The van der Waals surface area contributed by atoms with E-state index in [9.17, 15) is 14.0 Å². The summed E-state index contributed by atoms with van der Waals surface area (Å²) in [6.07, 6.45) is 4.38. The number of likely N-dealkylation sites (tertiary alicyclic amines) is 1. The van der Waals surface area contributed by atoms with Crippen molar-refractivity contribution in [2.45, 2.75) is 52.6 Å². The molecule has 33 heavy (non-hydrogen) atoms. The van der Waals surface area contributed by atoms with Crippen LogP contribution < -0.4 is 10.6 Å². The van der Waals surface area contributed by atoms with Crippen LogP contribution in [0.15, 0.2) is 36.5 Å². The molecule has 1 atom stereocenters. The second-order valence-electron chi connectivity index (χ2n) is 8.92. The van der Waals surface area contributed by atoms with Crippen molar-refractivity contribution < 1.29 is 14.0 Å². The van der Waals surface area contributed by atoms with E-state index in [1.54, 1.807) is 24.4 Å². The summed E-state index contributed by atoms with van der Waals surface area (Å²) in [5.74, 6) is -0.365. The number of rotatable bonds is 7. The monoisotopic (exact) mass is 455 g/mol. The van der Waals surface area contributed by atoms with E-state index in [4.69, 9.17) is 0 Å². The van der Waals surface area contributed by atoms with Crippen LogP contribution in [0.25, 0.3) is 0 Å². The average Bonchev–Trinajstić information content (AvgIpc) is 2.81. The Kier molecular flexibility index (Phi) is 8.38. The maximum absolute atomic E-state index is 14.4. The average molecular weight is 456 g/mol. The minimum atomic E-state index is -0.524. The number of piperidine rings is 1. The van der Waals surface area contributed by atoms with Crippen molar-refractivity contribution in [3.05, 3.63) is 53.6 Å². The van der Waals surface area contributed by atoms with Crippen LogP contribution in [0.1, 0.15) is 44.9 Å². The number of pyridine rings is 1. The third kappa shape index (κ3) is 6.74. The number of likely N-dealkylation sites (N-methyl/N-ethyl adjacent to an activating group) is 1. The van der Waals surface area contributed by atoms with Crippen LogP contribution in [0.5, 0.6) is 0 Å². The van der Waals surface area contributed by atoms with Crippen LogP contribution in [0.2, 0.25) is 0 Å². The number of hydrogen-bond donors (Lipinski definition) is 2. The first kappa shape index (κ1) is 24.6. The molecule has 178 valence electrons. The Morgan fingerprint density at radius 2 is 2.03 bits per heavy atom. The van der Waals surface area contributed by atoms with Gasteiger partial charge in [-0.2, -0.15) is 0 Å². The van der Waals surface area contributed by atoms with Gasteiger partial charge in [0.2, 0.25) is 5.91 Å². The smallest absolute Gasteiger partial charge is 0.323 e. The number of anilines is 2. The van der Waals surface area contributed by atoms with E-state index in [0.29, 0.717) is 12.2 Å². The number of aryl methyl sites for hydroxylation is 1. The standard InChI is InChI=1S/C25H34FN5O2/c1-5-19-9-10-20(14-27-19)28-25(33)29-23-13-18(8-11-22(23)26)15-31-12-6-7-21(16-31)30(4)24(32)17(2)3/h8-11,13-14,17,21H,5-7,12,15-16H2,1-4H3,(H2,28,29,33)/t21-/m0/s1. The Balaban J connectivity index is 1.61. The molecule has 1 aromatic heterocycles. The Labute approximate surface area is 195 Å². The molecule has 8 heteroatoms. The van der Waals surface area contributed by atoms with Crippen LogP contribution in [-0.4, -0.2) is 52.9 Å². The Bertz CT molecular complexity index is 964. The molecule has 3 rings (SSSR count). The molecule has 0 saturated carbocycles. The molecule has 2 heterocycles. The molecule has 2 N–H and O–H groups in total. The van der Waals surface area contributed by atoms with Gasteiger partial charge in [0.1, 0.15) is 5.82 Å². The molecular weight excluding hydrogens is 421 g/mol. The number of carbonyl (C=O) groups excluding carboxylic acids is 2. The van der Waals surface area contributed by atoms with Gasteiger partial charge in [0.15, 0.2) is 0 Å². The van der Waals surface area contributed by atoms with Crippen LogP contribution in [-0.2, 0) is 17.8 Å². The van der Waals surface area contributed by atoms with E-state index < -0.39 is 11.8 Å². The maximum Gasteiger partial charge on any atom is 0.323 e. The fourth-order valence-electron chi connectivity index (χ4n) is 4.10. The number of amides is 3. The summed E-state index contributed by atoms with van der Waals surface area (Å²) in [5, 5.41) is 5.28. The molecule has 1 saturated heterocycles. The highest BCUT2D eigenvalue weighted by Gasteiger charge is 2.27. The molecule has 1 aliphatic rings. The highest BCUT2D eigenvalue weighted by atomic mass is 19.1. The topological polar surface area (TPSA) is 77.6 Å². The zero-order valence-corrected chi connectivity index (χ0v) is 19.9. The Morgan fingerprint density at radius 3 is 2.70 bits per heavy atom. The third-order valence-corrected chi connectivity index (χ3v) is 6.00. The number of halogens is 1. The van der Waals surface area contributed by atoms with E-state index in [1.165, 1.54) is 6.07 Å².